The third-order valence-corrected chi connectivity index (χ3v) is 4.68. The fourth-order valence-corrected chi connectivity index (χ4v) is 3.02. The van der Waals surface area contributed by atoms with Crippen molar-refractivity contribution in [1.82, 2.24) is 15.0 Å². The lowest BCUT2D eigenvalue weighted by atomic mass is 10.2. The summed E-state index contributed by atoms with van der Waals surface area (Å²) in [5.41, 5.74) is 5.36. The van der Waals surface area contributed by atoms with Crippen LogP contribution >= 0.6 is 0 Å². The van der Waals surface area contributed by atoms with Gasteiger partial charge in [-0.3, -0.25) is 10.1 Å². The molecule has 1 fully saturated rings. The molecule has 11 nitrogen and oxygen atoms in total. The maximum atomic E-state index is 10.9. The Morgan fingerprint density at radius 2 is 1.84 bits per heavy atom. The number of benzene rings is 2. The normalized spacial score (nSPS) is 13.8. The van der Waals surface area contributed by atoms with Crippen molar-refractivity contribution in [2.24, 2.45) is 5.10 Å². The van der Waals surface area contributed by atoms with E-state index in [0.29, 0.717) is 43.8 Å². The molecule has 1 saturated heterocycles. The molecule has 0 saturated carbocycles. The van der Waals surface area contributed by atoms with Crippen LogP contribution in [0, 0.1) is 17.0 Å². The van der Waals surface area contributed by atoms with Gasteiger partial charge in [-0.2, -0.15) is 20.1 Å². The number of non-ortho nitro benzene ring substituents is 1. The molecule has 164 valence electrons. The van der Waals surface area contributed by atoms with E-state index >= 15 is 0 Å². The van der Waals surface area contributed by atoms with Crippen LogP contribution in [0.25, 0.3) is 0 Å². The van der Waals surface area contributed by atoms with Gasteiger partial charge in [0.1, 0.15) is 0 Å². The molecule has 0 radical (unpaired) electrons. The van der Waals surface area contributed by atoms with Crippen molar-refractivity contribution in [3.63, 3.8) is 0 Å². The summed E-state index contributed by atoms with van der Waals surface area (Å²) in [7, 11) is 0. The first-order valence-corrected chi connectivity index (χ1v) is 10.0. The molecular weight excluding hydrogens is 412 g/mol. The molecule has 0 atom stereocenters. The molecule has 1 aliphatic heterocycles. The maximum Gasteiger partial charge on any atom is 0.270 e. The van der Waals surface area contributed by atoms with E-state index in [0.717, 1.165) is 11.3 Å². The molecule has 1 aromatic heterocycles. The molecule has 0 unspecified atom stereocenters. The summed E-state index contributed by atoms with van der Waals surface area (Å²) >= 11 is 0. The molecule has 0 amide bonds. The van der Waals surface area contributed by atoms with E-state index in [9.17, 15) is 10.1 Å². The number of nitrogens with zero attached hydrogens (tertiary/aromatic N) is 6. The molecule has 3 aromatic rings. The highest BCUT2D eigenvalue weighted by atomic mass is 16.6. The number of hydrogen-bond acceptors (Lipinski definition) is 10. The van der Waals surface area contributed by atoms with Gasteiger partial charge in [-0.1, -0.05) is 29.8 Å². The minimum absolute atomic E-state index is 0.00620. The van der Waals surface area contributed by atoms with Gasteiger partial charge in [0, 0.05) is 36.5 Å². The fourth-order valence-electron chi connectivity index (χ4n) is 3.02. The predicted molar refractivity (Wildman–Crippen MR) is 122 cm³/mol. The second kappa shape index (κ2) is 9.79. The van der Waals surface area contributed by atoms with E-state index in [1.807, 2.05) is 36.1 Å². The molecule has 0 spiro atoms. The Morgan fingerprint density at radius 1 is 1.09 bits per heavy atom. The van der Waals surface area contributed by atoms with Crippen LogP contribution in [-0.2, 0) is 4.74 Å². The number of aromatic nitrogens is 3. The van der Waals surface area contributed by atoms with E-state index in [2.05, 4.69) is 30.8 Å². The topological polar surface area (TPSA) is 131 Å². The van der Waals surface area contributed by atoms with Crippen molar-refractivity contribution in [1.29, 1.82) is 0 Å². The average molecular weight is 434 g/mol. The highest BCUT2D eigenvalue weighted by molar-refractivity contribution is 5.81. The van der Waals surface area contributed by atoms with Gasteiger partial charge in [-0.05, 0) is 19.1 Å². The number of nitrogens with one attached hydrogen (secondary N) is 2. The molecule has 0 bridgehead atoms. The third-order valence-electron chi connectivity index (χ3n) is 4.68. The number of hydrogen-bond donors (Lipinski definition) is 2. The van der Waals surface area contributed by atoms with Crippen molar-refractivity contribution in [3.05, 3.63) is 69.8 Å². The number of morpholine rings is 1. The molecule has 2 N–H and O–H groups in total. The first kappa shape index (κ1) is 21.1. The highest BCUT2D eigenvalue weighted by Crippen LogP contribution is 2.19. The summed E-state index contributed by atoms with van der Waals surface area (Å²) < 4.78 is 5.41. The minimum Gasteiger partial charge on any atom is -0.378 e. The molecule has 0 aliphatic carbocycles. The van der Waals surface area contributed by atoms with Crippen LogP contribution in [0.5, 0.6) is 0 Å². The van der Waals surface area contributed by atoms with Gasteiger partial charge in [0.2, 0.25) is 17.8 Å². The van der Waals surface area contributed by atoms with Crippen molar-refractivity contribution < 1.29 is 9.66 Å². The number of anilines is 4. The molecule has 32 heavy (non-hydrogen) atoms. The quantitative estimate of drug-likeness (QED) is 0.327. The maximum absolute atomic E-state index is 10.9. The first-order valence-electron chi connectivity index (χ1n) is 10.0. The Morgan fingerprint density at radius 3 is 2.59 bits per heavy atom. The first-order chi connectivity index (χ1) is 15.6. The summed E-state index contributed by atoms with van der Waals surface area (Å²) in [5.74, 6) is 1.13. The lowest BCUT2D eigenvalue weighted by molar-refractivity contribution is -0.384. The Labute approximate surface area is 184 Å². The van der Waals surface area contributed by atoms with Crippen LogP contribution in [0.2, 0.25) is 0 Å². The van der Waals surface area contributed by atoms with Gasteiger partial charge in [-0.25, -0.2) is 5.43 Å². The lowest BCUT2D eigenvalue weighted by Gasteiger charge is -2.27. The summed E-state index contributed by atoms with van der Waals surface area (Å²) in [6.45, 7) is 4.56. The van der Waals surface area contributed by atoms with Gasteiger partial charge in [0.15, 0.2) is 0 Å². The number of aryl methyl sites for hydroxylation is 1. The zero-order chi connectivity index (χ0) is 22.3. The summed E-state index contributed by atoms with van der Waals surface area (Å²) in [5, 5.41) is 18.3. The van der Waals surface area contributed by atoms with Crippen molar-refractivity contribution >= 4 is 35.4 Å². The molecule has 11 heteroatoms. The van der Waals surface area contributed by atoms with E-state index < -0.39 is 4.92 Å². The zero-order valence-electron chi connectivity index (χ0n) is 17.4. The van der Waals surface area contributed by atoms with Crippen LogP contribution < -0.4 is 15.6 Å². The van der Waals surface area contributed by atoms with Crippen LogP contribution in [-0.4, -0.2) is 52.4 Å². The van der Waals surface area contributed by atoms with Crippen molar-refractivity contribution in [2.45, 2.75) is 6.92 Å². The highest BCUT2D eigenvalue weighted by Gasteiger charge is 2.16. The lowest BCUT2D eigenvalue weighted by Crippen LogP contribution is -2.37. The van der Waals surface area contributed by atoms with E-state index in [-0.39, 0.29) is 11.6 Å². The van der Waals surface area contributed by atoms with Crippen molar-refractivity contribution in [3.8, 4) is 0 Å². The molecule has 2 aromatic carbocycles. The fraction of sp³-hybridized carbons (Fsp3) is 0.238. The standard InChI is InChI=1S/C21H22N8O3/c1-15-5-7-17(8-6-15)23-19-24-20(26-21(25-19)28-9-11-32-12-10-28)27-22-14-16-3-2-4-18(13-16)29(30)31/h2-8,13-14H,9-12H2,1H3,(H2,23,24,25,26,27)/b22-14+. The Balaban J connectivity index is 1.56. The van der Waals surface area contributed by atoms with Crippen LogP contribution in [0.4, 0.5) is 29.2 Å². The smallest absolute Gasteiger partial charge is 0.270 e. The predicted octanol–water partition coefficient (Wildman–Crippen LogP) is 3.11. The third kappa shape index (κ3) is 5.52. The van der Waals surface area contributed by atoms with Crippen molar-refractivity contribution in [2.75, 3.05) is 41.9 Å². The SMILES string of the molecule is Cc1ccc(Nc2nc(N/N=C/c3cccc([N+](=O)[O-])c3)nc(N3CCOCC3)n2)cc1. The number of nitro groups is 1. The summed E-state index contributed by atoms with van der Waals surface area (Å²) in [6.07, 6.45) is 1.47. The van der Waals surface area contributed by atoms with Gasteiger partial charge < -0.3 is 15.0 Å². The number of ether oxygens (including phenoxy) is 1. The monoisotopic (exact) mass is 434 g/mol. The second-order valence-corrected chi connectivity index (χ2v) is 7.10. The van der Waals surface area contributed by atoms with E-state index in [1.165, 1.54) is 18.3 Å². The molecular formula is C21H22N8O3. The van der Waals surface area contributed by atoms with Crippen LogP contribution in [0.1, 0.15) is 11.1 Å². The summed E-state index contributed by atoms with van der Waals surface area (Å²) in [6, 6.07) is 14.1. The Kier molecular flexibility index (Phi) is 6.46. The molecule has 1 aliphatic rings. The molecule has 4 rings (SSSR count). The number of hydrazone groups is 1. The minimum atomic E-state index is -0.450. The van der Waals surface area contributed by atoms with Crippen LogP contribution in [0.3, 0.4) is 0 Å². The van der Waals surface area contributed by atoms with E-state index in [1.54, 1.807) is 12.1 Å². The average Bonchev–Trinajstić information content (AvgIpc) is 2.81. The Hall–Kier alpha value is -4.12. The van der Waals surface area contributed by atoms with Gasteiger partial charge in [0.25, 0.3) is 5.69 Å². The molecule has 2 heterocycles. The number of rotatable bonds is 7. The van der Waals surface area contributed by atoms with Gasteiger partial charge in [0.05, 0.1) is 24.4 Å². The zero-order valence-corrected chi connectivity index (χ0v) is 17.4. The number of nitro benzene ring substituents is 1. The second-order valence-electron chi connectivity index (χ2n) is 7.10. The summed E-state index contributed by atoms with van der Waals surface area (Å²) in [4.78, 5) is 25.9. The van der Waals surface area contributed by atoms with Gasteiger partial charge in [-0.15, -0.1) is 0 Å². The largest absolute Gasteiger partial charge is 0.378 e. The van der Waals surface area contributed by atoms with E-state index in [4.69, 9.17) is 4.74 Å². The van der Waals surface area contributed by atoms with Gasteiger partial charge >= 0.3 is 0 Å². The Bertz CT molecular complexity index is 1110. The van der Waals surface area contributed by atoms with Crippen LogP contribution in [0.15, 0.2) is 53.6 Å².